The zero-order chi connectivity index (χ0) is 13.8. The lowest BCUT2D eigenvalue weighted by Gasteiger charge is -2.11. The molecule has 0 bridgehead atoms. The molecule has 1 atom stereocenters. The van der Waals surface area contributed by atoms with Crippen molar-refractivity contribution < 1.29 is 18.3 Å². The molecule has 5 heteroatoms. The van der Waals surface area contributed by atoms with Crippen LogP contribution in [0.25, 0.3) is 0 Å². The minimum atomic E-state index is -0.960. The molecule has 1 heterocycles. The van der Waals surface area contributed by atoms with Crippen LogP contribution in [0.4, 0.5) is 8.78 Å². The van der Waals surface area contributed by atoms with E-state index in [1.807, 2.05) is 19.1 Å². The smallest absolute Gasteiger partial charge is 0.159 e. The predicted octanol–water partition coefficient (Wildman–Crippen LogP) is 2.69. The third-order valence-electron chi connectivity index (χ3n) is 2.76. The van der Waals surface area contributed by atoms with Crippen LogP contribution >= 0.6 is 0 Å². The highest BCUT2D eigenvalue weighted by Gasteiger charge is 2.10. The number of aliphatic hydroxyl groups is 1. The Bertz CT molecular complexity index is 554. The Hall–Kier alpha value is -1.72. The molecular weight excluding hydrogens is 252 g/mol. The van der Waals surface area contributed by atoms with E-state index in [-0.39, 0.29) is 6.54 Å². The van der Waals surface area contributed by atoms with Gasteiger partial charge in [0.25, 0.3) is 0 Å². The van der Waals surface area contributed by atoms with Crippen LogP contribution in [0.2, 0.25) is 0 Å². The van der Waals surface area contributed by atoms with Crippen molar-refractivity contribution in [3.05, 3.63) is 59.1 Å². The van der Waals surface area contributed by atoms with Crippen molar-refractivity contribution in [2.75, 3.05) is 6.54 Å². The van der Waals surface area contributed by atoms with Crippen LogP contribution < -0.4 is 5.32 Å². The zero-order valence-electron chi connectivity index (χ0n) is 10.5. The first-order chi connectivity index (χ1) is 9.06. The molecule has 0 amide bonds. The van der Waals surface area contributed by atoms with Crippen LogP contribution in [0, 0.1) is 18.6 Å². The van der Waals surface area contributed by atoms with Gasteiger partial charge in [-0.3, -0.25) is 0 Å². The number of aryl methyl sites for hydroxylation is 1. The van der Waals surface area contributed by atoms with Gasteiger partial charge in [-0.2, -0.15) is 0 Å². The normalized spacial score (nSPS) is 12.6. The molecule has 0 saturated heterocycles. The van der Waals surface area contributed by atoms with Gasteiger partial charge in [0.05, 0.1) is 12.6 Å². The van der Waals surface area contributed by atoms with Crippen molar-refractivity contribution in [3.8, 4) is 0 Å². The van der Waals surface area contributed by atoms with E-state index in [0.29, 0.717) is 12.1 Å². The maximum absolute atomic E-state index is 13.0. The summed E-state index contributed by atoms with van der Waals surface area (Å²) in [6.07, 6.45) is -0.897. The van der Waals surface area contributed by atoms with Crippen LogP contribution in [-0.2, 0) is 6.54 Å². The molecule has 1 aromatic heterocycles. The Morgan fingerprint density at radius 3 is 2.63 bits per heavy atom. The number of hydrogen-bond acceptors (Lipinski definition) is 3. The summed E-state index contributed by atoms with van der Waals surface area (Å²) in [4.78, 5) is 0. The molecule has 0 saturated carbocycles. The standard InChI is InChI=1S/C14H15F2NO2/c1-9-2-4-11(19-9)7-17-8-14(18)10-3-5-12(15)13(16)6-10/h2-6,14,17-18H,7-8H2,1H3. The van der Waals surface area contributed by atoms with Crippen LogP contribution in [0.3, 0.4) is 0 Å². The van der Waals surface area contributed by atoms with E-state index in [2.05, 4.69) is 5.32 Å². The molecule has 3 nitrogen and oxygen atoms in total. The molecule has 0 fully saturated rings. The second-order valence-corrected chi connectivity index (χ2v) is 4.33. The lowest BCUT2D eigenvalue weighted by atomic mass is 10.1. The topological polar surface area (TPSA) is 45.4 Å². The Kier molecular flexibility index (Phi) is 4.29. The highest BCUT2D eigenvalue weighted by molar-refractivity contribution is 5.20. The summed E-state index contributed by atoms with van der Waals surface area (Å²) in [5.74, 6) is -0.305. The van der Waals surface area contributed by atoms with E-state index >= 15 is 0 Å². The van der Waals surface area contributed by atoms with Gasteiger partial charge >= 0.3 is 0 Å². The van der Waals surface area contributed by atoms with Gasteiger partial charge in [-0.1, -0.05) is 6.07 Å². The van der Waals surface area contributed by atoms with Gasteiger partial charge in [0, 0.05) is 6.54 Å². The quantitative estimate of drug-likeness (QED) is 0.875. The fraction of sp³-hybridized carbons (Fsp3) is 0.286. The van der Waals surface area contributed by atoms with E-state index < -0.39 is 17.7 Å². The maximum atomic E-state index is 13.0. The Labute approximate surface area is 109 Å². The van der Waals surface area contributed by atoms with Crippen molar-refractivity contribution in [3.63, 3.8) is 0 Å². The first-order valence-electron chi connectivity index (χ1n) is 5.95. The van der Waals surface area contributed by atoms with Gasteiger partial charge < -0.3 is 14.8 Å². The Morgan fingerprint density at radius 2 is 2.00 bits per heavy atom. The zero-order valence-corrected chi connectivity index (χ0v) is 10.5. The van der Waals surface area contributed by atoms with Crippen molar-refractivity contribution in [1.82, 2.24) is 5.32 Å². The second kappa shape index (κ2) is 5.95. The summed E-state index contributed by atoms with van der Waals surface area (Å²) in [6, 6.07) is 7.05. The summed E-state index contributed by atoms with van der Waals surface area (Å²) in [6.45, 7) is 2.54. The third-order valence-corrected chi connectivity index (χ3v) is 2.76. The largest absolute Gasteiger partial charge is 0.465 e. The van der Waals surface area contributed by atoms with E-state index in [1.54, 1.807) is 0 Å². The van der Waals surface area contributed by atoms with E-state index in [9.17, 15) is 13.9 Å². The van der Waals surface area contributed by atoms with Crippen LogP contribution in [-0.4, -0.2) is 11.7 Å². The molecule has 0 aliphatic rings. The predicted molar refractivity (Wildman–Crippen MR) is 66.5 cm³/mol. The minimum Gasteiger partial charge on any atom is -0.465 e. The maximum Gasteiger partial charge on any atom is 0.159 e. The molecule has 2 aromatic rings. The van der Waals surface area contributed by atoms with E-state index in [0.717, 1.165) is 23.7 Å². The van der Waals surface area contributed by atoms with E-state index in [4.69, 9.17) is 4.42 Å². The molecule has 0 aliphatic heterocycles. The molecule has 1 aromatic carbocycles. The highest BCUT2D eigenvalue weighted by Crippen LogP contribution is 2.16. The highest BCUT2D eigenvalue weighted by atomic mass is 19.2. The molecular formula is C14H15F2NO2. The number of hydrogen-bond donors (Lipinski definition) is 2. The number of furan rings is 1. The molecule has 0 radical (unpaired) electrons. The average Bonchev–Trinajstić information content (AvgIpc) is 2.78. The molecule has 0 aliphatic carbocycles. The molecule has 1 unspecified atom stereocenters. The van der Waals surface area contributed by atoms with Crippen LogP contribution in [0.5, 0.6) is 0 Å². The molecule has 19 heavy (non-hydrogen) atoms. The first-order valence-corrected chi connectivity index (χ1v) is 5.95. The Morgan fingerprint density at radius 1 is 1.21 bits per heavy atom. The van der Waals surface area contributed by atoms with E-state index in [1.165, 1.54) is 6.07 Å². The fourth-order valence-corrected chi connectivity index (χ4v) is 1.75. The number of benzene rings is 1. The molecule has 0 spiro atoms. The van der Waals surface area contributed by atoms with Crippen LogP contribution in [0.15, 0.2) is 34.7 Å². The van der Waals surface area contributed by atoms with Gasteiger partial charge in [0.1, 0.15) is 11.5 Å². The monoisotopic (exact) mass is 267 g/mol. The molecule has 2 rings (SSSR count). The van der Waals surface area contributed by atoms with Gasteiger partial charge in [0.2, 0.25) is 0 Å². The van der Waals surface area contributed by atoms with Crippen molar-refractivity contribution in [1.29, 1.82) is 0 Å². The van der Waals surface area contributed by atoms with Gasteiger partial charge in [-0.15, -0.1) is 0 Å². The molecule has 102 valence electrons. The number of nitrogens with one attached hydrogen (secondary N) is 1. The lowest BCUT2D eigenvalue weighted by molar-refractivity contribution is 0.172. The lowest BCUT2D eigenvalue weighted by Crippen LogP contribution is -2.21. The SMILES string of the molecule is Cc1ccc(CNCC(O)c2ccc(F)c(F)c2)o1. The number of halogens is 2. The third kappa shape index (κ3) is 3.62. The molecule has 2 N–H and O–H groups in total. The van der Waals surface area contributed by atoms with Crippen molar-refractivity contribution in [2.24, 2.45) is 0 Å². The average molecular weight is 267 g/mol. The summed E-state index contributed by atoms with van der Waals surface area (Å²) >= 11 is 0. The van der Waals surface area contributed by atoms with Gasteiger partial charge in [-0.25, -0.2) is 8.78 Å². The summed E-state index contributed by atoms with van der Waals surface area (Å²) in [7, 11) is 0. The minimum absolute atomic E-state index is 0.227. The Balaban J connectivity index is 1.86. The van der Waals surface area contributed by atoms with Gasteiger partial charge in [-0.05, 0) is 36.8 Å². The summed E-state index contributed by atoms with van der Waals surface area (Å²) in [5.41, 5.74) is 0.335. The number of rotatable bonds is 5. The fourth-order valence-electron chi connectivity index (χ4n) is 1.75. The van der Waals surface area contributed by atoms with Gasteiger partial charge in [0.15, 0.2) is 11.6 Å². The second-order valence-electron chi connectivity index (χ2n) is 4.33. The first kappa shape index (κ1) is 13.7. The van der Waals surface area contributed by atoms with Crippen LogP contribution in [0.1, 0.15) is 23.2 Å². The summed E-state index contributed by atoms with van der Waals surface area (Å²) in [5, 5.41) is 12.8. The van der Waals surface area contributed by atoms with Crippen molar-refractivity contribution in [2.45, 2.75) is 19.6 Å². The number of aliphatic hydroxyl groups excluding tert-OH is 1. The van der Waals surface area contributed by atoms with Crippen molar-refractivity contribution >= 4 is 0 Å². The summed E-state index contributed by atoms with van der Waals surface area (Å²) < 4.78 is 31.1.